The van der Waals surface area contributed by atoms with Crippen molar-refractivity contribution in [3.63, 3.8) is 0 Å². The molecule has 1 aliphatic heterocycles. The lowest BCUT2D eigenvalue weighted by atomic mass is 10.0. The third-order valence-corrected chi connectivity index (χ3v) is 2.83. The molecule has 0 aromatic carbocycles. The summed E-state index contributed by atoms with van der Waals surface area (Å²) in [5, 5.41) is 0. The molecule has 1 heterocycles. The van der Waals surface area contributed by atoms with Gasteiger partial charge < -0.3 is 10.5 Å². The maximum Gasteiger partial charge on any atom is 0.401 e. The summed E-state index contributed by atoms with van der Waals surface area (Å²) in [6.45, 7) is 3.39. The Hall–Kier alpha value is -0.330. The molecular weight excluding hydrogens is 221 g/mol. The molecule has 2 N–H and O–H groups in total. The van der Waals surface area contributed by atoms with Crippen LogP contribution < -0.4 is 5.73 Å². The highest BCUT2D eigenvalue weighted by atomic mass is 19.4. The van der Waals surface area contributed by atoms with Crippen molar-refractivity contribution in [3.05, 3.63) is 0 Å². The predicted octanol–water partition coefficient (Wildman–Crippen LogP) is 1.38. The highest BCUT2D eigenvalue weighted by molar-refractivity contribution is 4.87. The van der Waals surface area contributed by atoms with E-state index in [4.69, 9.17) is 10.5 Å². The van der Waals surface area contributed by atoms with Crippen LogP contribution in [0.4, 0.5) is 13.2 Å². The smallest absolute Gasteiger partial charge is 0.380 e. The van der Waals surface area contributed by atoms with Gasteiger partial charge in [-0.25, -0.2) is 0 Å². The lowest BCUT2D eigenvalue weighted by Gasteiger charge is -2.40. The minimum Gasteiger partial charge on any atom is -0.380 e. The lowest BCUT2D eigenvalue weighted by Crippen LogP contribution is -2.57. The van der Waals surface area contributed by atoms with Gasteiger partial charge in [0.1, 0.15) is 0 Å². The molecule has 0 aliphatic carbocycles. The van der Waals surface area contributed by atoms with Gasteiger partial charge in [-0.15, -0.1) is 0 Å². The van der Waals surface area contributed by atoms with Gasteiger partial charge in [0.25, 0.3) is 0 Å². The summed E-state index contributed by atoms with van der Waals surface area (Å²) >= 11 is 0. The van der Waals surface area contributed by atoms with E-state index in [0.717, 1.165) is 0 Å². The van der Waals surface area contributed by atoms with Crippen LogP contribution in [0.1, 0.15) is 20.3 Å². The SMILES string of the molecule is CC(C)N(CC(F)(F)F)C1COCCC1N. The summed E-state index contributed by atoms with van der Waals surface area (Å²) in [6, 6.07) is -0.770. The van der Waals surface area contributed by atoms with Gasteiger partial charge in [-0.1, -0.05) is 0 Å². The van der Waals surface area contributed by atoms with E-state index in [0.29, 0.717) is 13.0 Å². The average Bonchev–Trinajstić information content (AvgIpc) is 2.13. The molecular formula is C10H19F3N2O. The molecule has 96 valence electrons. The van der Waals surface area contributed by atoms with Gasteiger partial charge in [0.2, 0.25) is 0 Å². The summed E-state index contributed by atoms with van der Waals surface area (Å²) in [7, 11) is 0. The largest absolute Gasteiger partial charge is 0.401 e. The number of nitrogens with two attached hydrogens (primary N) is 1. The van der Waals surface area contributed by atoms with Gasteiger partial charge >= 0.3 is 6.18 Å². The fraction of sp³-hybridized carbons (Fsp3) is 1.00. The van der Waals surface area contributed by atoms with Crippen molar-refractivity contribution in [1.29, 1.82) is 0 Å². The first kappa shape index (κ1) is 13.7. The molecule has 1 aliphatic rings. The second-order valence-electron chi connectivity index (χ2n) is 4.48. The van der Waals surface area contributed by atoms with E-state index >= 15 is 0 Å². The molecule has 0 aromatic rings. The first-order valence-electron chi connectivity index (χ1n) is 5.47. The number of hydrogen-bond acceptors (Lipinski definition) is 3. The second kappa shape index (κ2) is 5.33. The molecule has 16 heavy (non-hydrogen) atoms. The van der Waals surface area contributed by atoms with E-state index in [1.807, 2.05) is 0 Å². The summed E-state index contributed by atoms with van der Waals surface area (Å²) in [5.74, 6) is 0. The van der Waals surface area contributed by atoms with Crippen LogP contribution >= 0.6 is 0 Å². The summed E-state index contributed by atoms with van der Waals surface area (Å²) in [4.78, 5) is 1.38. The molecule has 0 amide bonds. The maximum absolute atomic E-state index is 12.4. The third kappa shape index (κ3) is 3.92. The van der Waals surface area contributed by atoms with Crippen molar-refractivity contribution < 1.29 is 17.9 Å². The van der Waals surface area contributed by atoms with Gasteiger partial charge in [0.05, 0.1) is 13.2 Å². The maximum atomic E-state index is 12.4. The highest BCUT2D eigenvalue weighted by Gasteiger charge is 2.38. The molecule has 1 fully saturated rings. The molecule has 0 aromatic heterocycles. The molecule has 0 saturated carbocycles. The normalized spacial score (nSPS) is 27.8. The first-order chi connectivity index (χ1) is 7.31. The summed E-state index contributed by atoms with van der Waals surface area (Å²) in [5.41, 5.74) is 5.85. The summed E-state index contributed by atoms with van der Waals surface area (Å²) in [6.07, 6.45) is -3.58. The molecule has 1 saturated heterocycles. The van der Waals surface area contributed by atoms with E-state index in [1.54, 1.807) is 13.8 Å². The zero-order valence-corrected chi connectivity index (χ0v) is 9.63. The van der Waals surface area contributed by atoms with Crippen LogP contribution in [-0.4, -0.2) is 49.0 Å². The van der Waals surface area contributed by atoms with E-state index in [2.05, 4.69) is 0 Å². The molecule has 2 unspecified atom stereocenters. The third-order valence-electron chi connectivity index (χ3n) is 2.83. The van der Waals surface area contributed by atoms with Gasteiger partial charge in [0, 0.05) is 24.7 Å². The van der Waals surface area contributed by atoms with Crippen molar-refractivity contribution >= 4 is 0 Å². The van der Waals surface area contributed by atoms with Crippen LogP contribution in [0.5, 0.6) is 0 Å². The van der Waals surface area contributed by atoms with Crippen molar-refractivity contribution in [2.45, 2.75) is 44.6 Å². The Morgan fingerprint density at radius 2 is 2.06 bits per heavy atom. The molecule has 3 nitrogen and oxygen atoms in total. The van der Waals surface area contributed by atoms with Crippen LogP contribution in [0.2, 0.25) is 0 Å². The van der Waals surface area contributed by atoms with Gasteiger partial charge in [0.15, 0.2) is 0 Å². The minimum absolute atomic E-state index is 0.195. The Balaban J connectivity index is 2.68. The fourth-order valence-corrected chi connectivity index (χ4v) is 1.97. The summed E-state index contributed by atoms with van der Waals surface area (Å²) < 4.78 is 42.5. The van der Waals surface area contributed by atoms with Crippen LogP contribution in [-0.2, 0) is 4.74 Å². The van der Waals surface area contributed by atoms with Crippen molar-refractivity contribution in [2.75, 3.05) is 19.8 Å². The molecule has 1 rings (SSSR count). The Bertz CT molecular complexity index is 221. The molecule has 0 radical (unpaired) electrons. The second-order valence-corrected chi connectivity index (χ2v) is 4.48. The number of hydrogen-bond donors (Lipinski definition) is 1. The zero-order valence-electron chi connectivity index (χ0n) is 9.63. The van der Waals surface area contributed by atoms with Crippen molar-refractivity contribution in [1.82, 2.24) is 4.90 Å². The van der Waals surface area contributed by atoms with Gasteiger partial charge in [-0.3, -0.25) is 4.90 Å². The van der Waals surface area contributed by atoms with E-state index in [9.17, 15) is 13.2 Å². The molecule has 0 bridgehead atoms. The Morgan fingerprint density at radius 3 is 2.50 bits per heavy atom. The zero-order chi connectivity index (χ0) is 12.3. The van der Waals surface area contributed by atoms with Crippen LogP contribution in [0.3, 0.4) is 0 Å². The van der Waals surface area contributed by atoms with E-state index in [-0.39, 0.29) is 24.7 Å². The Labute approximate surface area is 93.7 Å². The highest BCUT2D eigenvalue weighted by Crippen LogP contribution is 2.22. The first-order valence-corrected chi connectivity index (χ1v) is 5.47. The van der Waals surface area contributed by atoms with Crippen molar-refractivity contribution in [3.8, 4) is 0 Å². The van der Waals surface area contributed by atoms with E-state index < -0.39 is 12.7 Å². The predicted molar refractivity (Wildman–Crippen MR) is 55.1 cm³/mol. The van der Waals surface area contributed by atoms with Gasteiger partial charge in [-0.2, -0.15) is 13.2 Å². The van der Waals surface area contributed by atoms with Gasteiger partial charge in [-0.05, 0) is 20.3 Å². The molecule has 0 spiro atoms. The lowest BCUT2D eigenvalue weighted by molar-refractivity contribution is -0.162. The van der Waals surface area contributed by atoms with Crippen molar-refractivity contribution in [2.24, 2.45) is 5.73 Å². The number of halogens is 3. The molecule has 2 atom stereocenters. The topological polar surface area (TPSA) is 38.5 Å². The van der Waals surface area contributed by atoms with E-state index in [1.165, 1.54) is 4.90 Å². The number of rotatable bonds is 3. The van der Waals surface area contributed by atoms with Crippen LogP contribution in [0, 0.1) is 0 Å². The number of ether oxygens (including phenoxy) is 1. The average molecular weight is 240 g/mol. The standard InChI is InChI=1S/C10H19F3N2O/c1-7(2)15(6-10(11,12)13)9-5-16-4-3-8(9)14/h7-9H,3-6,14H2,1-2H3. The minimum atomic E-state index is -4.19. The van der Waals surface area contributed by atoms with Crippen LogP contribution in [0.15, 0.2) is 0 Å². The Morgan fingerprint density at radius 1 is 1.44 bits per heavy atom. The van der Waals surface area contributed by atoms with Crippen LogP contribution in [0.25, 0.3) is 0 Å². The Kier molecular flexibility index (Phi) is 4.58. The molecule has 6 heteroatoms. The number of nitrogens with zero attached hydrogens (tertiary/aromatic N) is 1. The number of alkyl halides is 3. The quantitative estimate of drug-likeness (QED) is 0.810. The monoisotopic (exact) mass is 240 g/mol. The fourth-order valence-electron chi connectivity index (χ4n) is 1.97.